The Morgan fingerprint density at radius 1 is 1.31 bits per heavy atom. The van der Waals surface area contributed by atoms with Gasteiger partial charge in [0.2, 0.25) is 0 Å². The Kier molecular flexibility index (Phi) is 2.44. The van der Waals surface area contributed by atoms with Crippen molar-refractivity contribution in [2.45, 2.75) is 13.8 Å². The summed E-state index contributed by atoms with van der Waals surface area (Å²) in [6, 6.07) is 5.64. The lowest BCUT2D eigenvalue weighted by atomic mass is 10.1. The number of hydrogen-bond acceptors (Lipinski definition) is 3. The minimum Gasteiger partial charge on any atom is -0.476 e. The van der Waals surface area contributed by atoms with E-state index in [9.17, 15) is 4.79 Å². The van der Waals surface area contributed by atoms with E-state index in [2.05, 4.69) is 10.3 Å². The van der Waals surface area contributed by atoms with E-state index in [1.165, 1.54) is 10.9 Å². The first-order valence-electron chi connectivity index (χ1n) is 4.81. The van der Waals surface area contributed by atoms with Crippen molar-refractivity contribution in [3.63, 3.8) is 0 Å². The monoisotopic (exact) mass is 217 g/mol. The predicted octanol–water partition coefficient (Wildman–Crippen LogP) is 1.58. The summed E-state index contributed by atoms with van der Waals surface area (Å²) < 4.78 is 1.31. The highest BCUT2D eigenvalue weighted by molar-refractivity contribution is 5.85. The molecule has 16 heavy (non-hydrogen) atoms. The molecule has 0 saturated carbocycles. The Morgan fingerprint density at radius 2 is 2.06 bits per heavy atom. The quantitative estimate of drug-likeness (QED) is 0.829. The normalized spacial score (nSPS) is 10.4. The lowest BCUT2D eigenvalue weighted by Crippen LogP contribution is -2.08. The maximum atomic E-state index is 10.9. The summed E-state index contributed by atoms with van der Waals surface area (Å²) >= 11 is 0. The summed E-state index contributed by atoms with van der Waals surface area (Å²) in [5, 5.41) is 16.3. The zero-order valence-electron chi connectivity index (χ0n) is 9.01. The smallest absolute Gasteiger partial charge is 0.356 e. The minimum atomic E-state index is -1.04. The van der Waals surface area contributed by atoms with Crippen LogP contribution in [0.15, 0.2) is 24.4 Å². The van der Waals surface area contributed by atoms with Crippen LogP contribution >= 0.6 is 0 Å². The van der Waals surface area contributed by atoms with E-state index >= 15 is 0 Å². The van der Waals surface area contributed by atoms with Gasteiger partial charge in [0.1, 0.15) is 0 Å². The molecule has 0 atom stereocenters. The lowest BCUT2D eigenvalue weighted by Gasteiger charge is -2.05. The molecule has 1 aromatic heterocycles. The van der Waals surface area contributed by atoms with Crippen LogP contribution in [0.1, 0.15) is 21.6 Å². The van der Waals surface area contributed by atoms with Crippen LogP contribution in [-0.4, -0.2) is 26.1 Å². The molecule has 1 N–H and O–H groups in total. The fourth-order valence-corrected chi connectivity index (χ4v) is 1.43. The van der Waals surface area contributed by atoms with E-state index in [1.54, 1.807) is 0 Å². The maximum Gasteiger partial charge on any atom is 0.356 e. The minimum absolute atomic E-state index is 0.0586. The molecule has 2 aromatic rings. The van der Waals surface area contributed by atoms with Crippen LogP contribution in [-0.2, 0) is 0 Å². The standard InChI is InChI=1S/C11H11N3O2/c1-7-3-4-9(5-8(7)2)14-10(11(15)16)6-12-13-14/h3-6H,1-2H3,(H,15,16). The second-order valence-electron chi connectivity index (χ2n) is 3.60. The van der Waals surface area contributed by atoms with E-state index in [-0.39, 0.29) is 5.69 Å². The summed E-state index contributed by atoms with van der Waals surface area (Å²) in [7, 11) is 0. The van der Waals surface area contributed by atoms with Crippen LogP contribution in [0.5, 0.6) is 0 Å². The number of nitrogens with zero attached hydrogens (tertiary/aromatic N) is 3. The Hall–Kier alpha value is -2.17. The molecule has 0 amide bonds. The van der Waals surface area contributed by atoms with E-state index in [0.29, 0.717) is 5.69 Å². The molecule has 0 aliphatic carbocycles. The first-order valence-corrected chi connectivity index (χ1v) is 4.81. The maximum absolute atomic E-state index is 10.9. The van der Waals surface area contributed by atoms with Gasteiger partial charge >= 0.3 is 5.97 Å². The largest absolute Gasteiger partial charge is 0.476 e. The number of carboxylic acids is 1. The van der Waals surface area contributed by atoms with Crippen LogP contribution < -0.4 is 0 Å². The van der Waals surface area contributed by atoms with Gasteiger partial charge in [0.15, 0.2) is 5.69 Å². The zero-order valence-corrected chi connectivity index (χ0v) is 9.01. The van der Waals surface area contributed by atoms with Crippen molar-refractivity contribution in [2.75, 3.05) is 0 Å². The average molecular weight is 217 g/mol. The molecule has 0 unspecified atom stereocenters. The molecule has 0 radical (unpaired) electrons. The van der Waals surface area contributed by atoms with Gasteiger partial charge in [-0.15, -0.1) is 5.10 Å². The summed E-state index contributed by atoms with van der Waals surface area (Å²) in [4.78, 5) is 10.9. The molecule has 0 spiro atoms. The van der Waals surface area contributed by atoms with Crippen LogP contribution in [0.2, 0.25) is 0 Å². The molecule has 82 valence electrons. The Morgan fingerprint density at radius 3 is 2.69 bits per heavy atom. The van der Waals surface area contributed by atoms with E-state index in [1.807, 2.05) is 32.0 Å². The molecule has 5 nitrogen and oxygen atoms in total. The predicted molar refractivity (Wildman–Crippen MR) is 57.8 cm³/mol. The van der Waals surface area contributed by atoms with E-state index in [0.717, 1.165) is 11.1 Å². The topological polar surface area (TPSA) is 68.0 Å². The van der Waals surface area contributed by atoms with Crippen molar-refractivity contribution < 1.29 is 9.90 Å². The molecule has 0 bridgehead atoms. The van der Waals surface area contributed by atoms with Gasteiger partial charge < -0.3 is 5.11 Å². The van der Waals surface area contributed by atoms with Crippen LogP contribution in [0.25, 0.3) is 5.69 Å². The summed E-state index contributed by atoms with van der Waals surface area (Å²) in [6.07, 6.45) is 1.23. The Balaban J connectivity index is 2.54. The van der Waals surface area contributed by atoms with Gasteiger partial charge in [-0.3, -0.25) is 0 Å². The molecule has 2 rings (SSSR count). The Bertz CT molecular complexity index is 546. The van der Waals surface area contributed by atoms with Crippen molar-refractivity contribution in [1.82, 2.24) is 15.0 Å². The van der Waals surface area contributed by atoms with Gasteiger partial charge in [0.05, 0.1) is 11.9 Å². The van der Waals surface area contributed by atoms with E-state index < -0.39 is 5.97 Å². The van der Waals surface area contributed by atoms with Gasteiger partial charge in [0, 0.05) is 0 Å². The number of aromatic nitrogens is 3. The van der Waals surface area contributed by atoms with Crippen molar-refractivity contribution >= 4 is 5.97 Å². The summed E-state index contributed by atoms with van der Waals surface area (Å²) in [5.74, 6) is -1.04. The van der Waals surface area contributed by atoms with Crippen LogP contribution in [0.4, 0.5) is 0 Å². The van der Waals surface area contributed by atoms with Gasteiger partial charge in [-0.05, 0) is 37.1 Å². The first kappa shape index (κ1) is 10.4. The lowest BCUT2D eigenvalue weighted by molar-refractivity contribution is 0.0687. The number of carbonyl (C=O) groups is 1. The first-order chi connectivity index (χ1) is 7.59. The molecule has 1 heterocycles. The molecule has 0 aliphatic rings. The molecule has 0 fully saturated rings. The third-order valence-electron chi connectivity index (χ3n) is 2.50. The number of carboxylic acid groups (broad SMARTS) is 1. The molecular weight excluding hydrogens is 206 g/mol. The van der Waals surface area contributed by atoms with Crippen molar-refractivity contribution in [3.05, 3.63) is 41.2 Å². The summed E-state index contributed by atoms with van der Waals surface area (Å²) in [6.45, 7) is 3.97. The Labute approximate surface area is 92.3 Å². The fourth-order valence-electron chi connectivity index (χ4n) is 1.43. The molecule has 5 heteroatoms. The molecule has 0 aliphatic heterocycles. The number of rotatable bonds is 2. The van der Waals surface area contributed by atoms with E-state index in [4.69, 9.17) is 5.11 Å². The fraction of sp³-hybridized carbons (Fsp3) is 0.182. The highest BCUT2D eigenvalue weighted by Crippen LogP contribution is 2.14. The van der Waals surface area contributed by atoms with Crippen molar-refractivity contribution in [3.8, 4) is 5.69 Å². The molecular formula is C11H11N3O2. The van der Waals surface area contributed by atoms with Gasteiger partial charge in [-0.25, -0.2) is 9.48 Å². The number of benzene rings is 1. The SMILES string of the molecule is Cc1ccc(-n2nncc2C(=O)O)cc1C. The molecule has 0 saturated heterocycles. The number of aryl methyl sites for hydroxylation is 2. The zero-order chi connectivity index (χ0) is 11.7. The second-order valence-corrected chi connectivity index (χ2v) is 3.60. The van der Waals surface area contributed by atoms with Crippen molar-refractivity contribution in [1.29, 1.82) is 0 Å². The second kappa shape index (κ2) is 3.77. The van der Waals surface area contributed by atoms with Crippen LogP contribution in [0, 0.1) is 13.8 Å². The van der Waals surface area contributed by atoms with Gasteiger partial charge in [-0.2, -0.15) is 0 Å². The average Bonchev–Trinajstić information content (AvgIpc) is 2.71. The van der Waals surface area contributed by atoms with Crippen LogP contribution in [0.3, 0.4) is 0 Å². The number of aromatic carboxylic acids is 1. The highest BCUT2D eigenvalue weighted by atomic mass is 16.4. The number of hydrogen-bond donors (Lipinski definition) is 1. The van der Waals surface area contributed by atoms with Gasteiger partial charge in [-0.1, -0.05) is 11.3 Å². The van der Waals surface area contributed by atoms with Gasteiger partial charge in [0.25, 0.3) is 0 Å². The molecule has 1 aromatic carbocycles. The van der Waals surface area contributed by atoms with Crippen molar-refractivity contribution in [2.24, 2.45) is 0 Å². The third kappa shape index (κ3) is 1.67. The summed E-state index contributed by atoms with van der Waals surface area (Å²) in [5.41, 5.74) is 3.01. The highest BCUT2D eigenvalue weighted by Gasteiger charge is 2.12. The third-order valence-corrected chi connectivity index (χ3v) is 2.50.